The van der Waals surface area contributed by atoms with Crippen LogP contribution in [-0.2, 0) is 6.54 Å². The van der Waals surface area contributed by atoms with Gasteiger partial charge in [0.1, 0.15) is 0 Å². The SMILES string of the molecule is Cc1ccc(N(C)Cc2ccc(C(=O)NN)s2)cc1. The van der Waals surface area contributed by atoms with Crippen molar-refractivity contribution >= 4 is 22.9 Å². The third kappa shape index (κ3) is 3.33. The average Bonchev–Trinajstić information content (AvgIpc) is 2.87. The molecule has 0 aliphatic heterocycles. The van der Waals surface area contributed by atoms with E-state index in [2.05, 4.69) is 41.5 Å². The molecule has 2 aromatic rings. The highest BCUT2D eigenvalue weighted by molar-refractivity contribution is 7.14. The van der Waals surface area contributed by atoms with E-state index >= 15 is 0 Å². The molecule has 0 atom stereocenters. The van der Waals surface area contributed by atoms with E-state index in [1.807, 2.05) is 13.1 Å². The standard InChI is InChI=1S/C14H17N3OS/c1-10-3-5-11(6-4-10)17(2)9-12-7-8-13(19-12)14(18)16-15/h3-8H,9,15H2,1-2H3,(H,16,18). The summed E-state index contributed by atoms with van der Waals surface area (Å²) in [6.45, 7) is 2.84. The zero-order chi connectivity index (χ0) is 13.8. The van der Waals surface area contributed by atoms with Gasteiger partial charge in [-0.1, -0.05) is 17.7 Å². The average molecular weight is 275 g/mol. The molecule has 0 bridgehead atoms. The summed E-state index contributed by atoms with van der Waals surface area (Å²) in [5.41, 5.74) is 4.55. The maximum Gasteiger partial charge on any atom is 0.275 e. The van der Waals surface area contributed by atoms with Gasteiger partial charge in [0.05, 0.1) is 11.4 Å². The van der Waals surface area contributed by atoms with Crippen molar-refractivity contribution in [3.05, 3.63) is 51.7 Å². The van der Waals surface area contributed by atoms with E-state index in [1.165, 1.54) is 16.9 Å². The van der Waals surface area contributed by atoms with Crippen LogP contribution in [0.25, 0.3) is 0 Å². The first-order valence-corrected chi connectivity index (χ1v) is 6.79. The quantitative estimate of drug-likeness (QED) is 0.511. The lowest BCUT2D eigenvalue weighted by atomic mass is 10.2. The molecule has 2 rings (SSSR count). The normalized spacial score (nSPS) is 10.3. The first-order chi connectivity index (χ1) is 9.10. The van der Waals surface area contributed by atoms with E-state index < -0.39 is 0 Å². The number of nitrogen functional groups attached to an aromatic ring is 1. The summed E-state index contributed by atoms with van der Waals surface area (Å²) in [6.07, 6.45) is 0. The fraction of sp³-hybridized carbons (Fsp3) is 0.214. The summed E-state index contributed by atoms with van der Waals surface area (Å²) in [4.78, 5) is 15.3. The zero-order valence-corrected chi connectivity index (χ0v) is 11.8. The van der Waals surface area contributed by atoms with E-state index in [9.17, 15) is 4.79 Å². The molecule has 1 aromatic heterocycles. The minimum Gasteiger partial charge on any atom is -0.369 e. The van der Waals surface area contributed by atoms with Crippen LogP contribution in [0, 0.1) is 6.92 Å². The van der Waals surface area contributed by atoms with Crippen LogP contribution in [0.2, 0.25) is 0 Å². The molecule has 0 saturated carbocycles. The Labute approximate surface area is 116 Å². The number of rotatable bonds is 4. The van der Waals surface area contributed by atoms with Gasteiger partial charge in [-0.15, -0.1) is 11.3 Å². The number of nitrogens with one attached hydrogen (secondary N) is 1. The Morgan fingerprint density at radius 3 is 2.58 bits per heavy atom. The number of carbonyl (C=O) groups excluding carboxylic acids is 1. The van der Waals surface area contributed by atoms with Gasteiger partial charge >= 0.3 is 0 Å². The summed E-state index contributed by atoms with van der Waals surface area (Å²) in [6, 6.07) is 12.1. The smallest absolute Gasteiger partial charge is 0.275 e. The number of aryl methyl sites for hydroxylation is 1. The number of nitrogens with two attached hydrogens (primary N) is 1. The summed E-state index contributed by atoms with van der Waals surface area (Å²) in [5, 5.41) is 0. The van der Waals surface area contributed by atoms with Gasteiger partial charge in [-0.05, 0) is 31.2 Å². The van der Waals surface area contributed by atoms with Crippen LogP contribution >= 0.6 is 11.3 Å². The van der Waals surface area contributed by atoms with Crippen molar-refractivity contribution in [2.45, 2.75) is 13.5 Å². The van der Waals surface area contributed by atoms with Crippen LogP contribution in [0.15, 0.2) is 36.4 Å². The van der Waals surface area contributed by atoms with E-state index in [4.69, 9.17) is 5.84 Å². The molecule has 0 spiro atoms. The second-order valence-electron chi connectivity index (χ2n) is 4.43. The number of nitrogens with zero attached hydrogens (tertiary/aromatic N) is 1. The van der Waals surface area contributed by atoms with Crippen molar-refractivity contribution in [3.8, 4) is 0 Å². The summed E-state index contributed by atoms with van der Waals surface area (Å²) in [5.74, 6) is 4.88. The number of thiophene rings is 1. The number of hydrazine groups is 1. The molecule has 5 heteroatoms. The van der Waals surface area contributed by atoms with E-state index in [0.717, 1.165) is 17.1 Å². The van der Waals surface area contributed by atoms with Gasteiger partial charge in [-0.2, -0.15) is 0 Å². The Bertz CT molecular complexity index is 562. The molecule has 0 aliphatic carbocycles. The Balaban J connectivity index is 2.06. The fourth-order valence-corrected chi connectivity index (χ4v) is 2.74. The molecule has 1 amide bonds. The summed E-state index contributed by atoms with van der Waals surface area (Å²) >= 11 is 1.46. The molecule has 100 valence electrons. The van der Waals surface area contributed by atoms with E-state index in [0.29, 0.717) is 4.88 Å². The lowest BCUT2D eigenvalue weighted by Gasteiger charge is -2.18. The Morgan fingerprint density at radius 1 is 1.26 bits per heavy atom. The molecule has 0 aliphatic rings. The first-order valence-electron chi connectivity index (χ1n) is 5.97. The zero-order valence-electron chi connectivity index (χ0n) is 11.0. The van der Waals surface area contributed by atoms with Gasteiger partial charge < -0.3 is 4.90 Å². The third-order valence-electron chi connectivity index (χ3n) is 2.88. The molecular weight excluding hydrogens is 258 g/mol. The fourth-order valence-electron chi connectivity index (χ4n) is 1.78. The van der Waals surface area contributed by atoms with Crippen molar-refractivity contribution < 1.29 is 4.79 Å². The third-order valence-corrected chi connectivity index (χ3v) is 3.95. The highest BCUT2D eigenvalue weighted by Gasteiger charge is 2.09. The Morgan fingerprint density at radius 2 is 1.95 bits per heavy atom. The molecule has 3 N–H and O–H groups in total. The molecule has 4 nitrogen and oxygen atoms in total. The van der Waals surface area contributed by atoms with Crippen molar-refractivity contribution in [2.75, 3.05) is 11.9 Å². The summed E-state index contributed by atoms with van der Waals surface area (Å²) < 4.78 is 0. The highest BCUT2D eigenvalue weighted by atomic mass is 32.1. The van der Waals surface area contributed by atoms with E-state index in [1.54, 1.807) is 6.07 Å². The topological polar surface area (TPSA) is 58.4 Å². The molecular formula is C14H17N3OS. The second kappa shape index (κ2) is 5.86. The second-order valence-corrected chi connectivity index (χ2v) is 5.60. The van der Waals surface area contributed by atoms with Crippen molar-refractivity contribution in [1.82, 2.24) is 5.43 Å². The predicted octanol–water partition coefficient (Wildman–Crippen LogP) is 2.30. The van der Waals surface area contributed by atoms with Crippen molar-refractivity contribution in [1.29, 1.82) is 0 Å². The van der Waals surface area contributed by atoms with E-state index in [-0.39, 0.29) is 5.91 Å². The van der Waals surface area contributed by atoms with Crippen LogP contribution in [0.3, 0.4) is 0 Å². The van der Waals surface area contributed by atoms with Crippen LogP contribution in [0.1, 0.15) is 20.1 Å². The molecule has 0 saturated heterocycles. The largest absolute Gasteiger partial charge is 0.369 e. The summed E-state index contributed by atoms with van der Waals surface area (Å²) in [7, 11) is 2.03. The van der Waals surface area contributed by atoms with Crippen LogP contribution in [0.5, 0.6) is 0 Å². The van der Waals surface area contributed by atoms with Gasteiger partial charge in [-0.25, -0.2) is 5.84 Å². The van der Waals surface area contributed by atoms with Gasteiger partial charge in [0, 0.05) is 17.6 Å². The van der Waals surface area contributed by atoms with Crippen LogP contribution < -0.4 is 16.2 Å². The number of carbonyl (C=O) groups is 1. The number of hydrogen-bond donors (Lipinski definition) is 2. The van der Waals surface area contributed by atoms with Gasteiger partial charge in [0.25, 0.3) is 5.91 Å². The molecule has 1 aromatic carbocycles. The van der Waals surface area contributed by atoms with Gasteiger partial charge in [0.2, 0.25) is 0 Å². The Kier molecular flexibility index (Phi) is 4.19. The molecule has 0 fully saturated rings. The lowest BCUT2D eigenvalue weighted by molar-refractivity contribution is 0.0957. The van der Waals surface area contributed by atoms with Crippen LogP contribution in [0.4, 0.5) is 5.69 Å². The number of anilines is 1. The minimum absolute atomic E-state index is 0.241. The highest BCUT2D eigenvalue weighted by Crippen LogP contribution is 2.21. The molecule has 0 radical (unpaired) electrons. The van der Waals surface area contributed by atoms with Crippen molar-refractivity contribution in [3.63, 3.8) is 0 Å². The van der Waals surface area contributed by atoms with Crippen LogP contribution in [-0.4, -0.2) is 13.0 Å². The minimum atomic E-state index is -0.241. The first kappa shape index (κ1) is 13.6. The maximum atomic E-state index is 11.4. The van der Waals surface area contributed by atoms with Gasteiger partial charge in [-0.3, -0.25) is 10.2 Å². The molecule has 1 heterocycles. The maximum absolute atomic E-state index is 11.4. The Hall–Kier alpha value is -1.85. The number of amides is 1. The predicted molar refractivity (Wildman–Crippen MR) is 79.3 cm³/mol. The number of benzene rings is 1. The molecule has 19 heavy (non-hydrogen) atoms. The monoisotopic (exact) mass is 275 g/mol. The van der Waals surface area contributed by atoms with Gasteiger partial charge in [0.15, 0.2) is 0 Å². The number of hydrogen-bond acceptors (Lipinski definition) is 4. The lowest BCUT2D eigenvalue weighted by Crippen LogP contribution is -2.29. The van der Waals surface area contributed by atoms with Crippen molar-refractivity contribution in [2.24, 2.45) is 5.84 Å². The molecule has 0 unspecified atom stereocenters.